The van der Waals surface area contributed by atoms with Crippen molar-refractivity contribution in [1.29, 1.82) is 0 Å². The van der Waals surface area contributed by atoms with Gasteiger partial charge in [0.25, 0.3) is 0 Å². The molecule has 0 amide bonds. The van der Waals surface area contributed by atoms with E-state index in [4.69, 9.17) is 0 Å². The van der Waals surface area contributed by atoms with Crippen LogP contribution in [0.1, 0.15) is 41.3 Å². The molecule has 126 valence electrons. The maximum Gasteiger partial charge on any atom is 0.0975 e. The second-order valence-corrected chi connectivity index (χ2v) is 7.57. The van der Waals surface area contributed by atoms with E-state index in [1.165, 1.54) is 16.1 Å². The summed E-state index contributed by atoms with van der Waals surface area (Å²) < 4.78 is 2.05. The molecule has 0 unspecified atom stereocenters. The summed E-state index contributed by atoms with van der Waals surface area (Å²) in [5.74, 6) is 0. The van der Waals surface area contributed by atoms with E-state index in [-0.39, 0.29) is 0 Å². The molecule has 2 aromatic heterocycles. The Morgan fingerprint density at radius 1 is 1.35 bits per heavy atom. The van der Waals surface area contributed by atoms with Gasteiger partial charge in [-0.15, -0.1) is 11.3 Å². The Labute approximate surface area is 142 Å². The minimum atomic E-state index is -0.438. The van der Waals surface area contributed by atoms with Gasteiger partial charge in [-0.2, -0.15) is 5.10 Å². The largest absolute Gasteiger partial charge is 0.387 e. The number of hydrogen-bond donors (Lipinski definition) is 1. The summed E-state index contributed by atoms with van der Waals surface area (Å²) in [5.41, 5.74) is 3.42. The molecule has 1 N–H and O–H groups in total. The molecule has 5 nitrogen and oxygen atoms in total. The molecule has 1 atom stereocenters. The van der Waals surface area contributed by atoms with Crippen molar-refractivity contribution in [2.75, 3.05) is 20.6 Å². The molecule has 1 aliphatic heterocycles. The first-order valence-corrected chi connectivity index (χ1v) is 9.11. The first-order chi connectivity index (χ1) is 11.0. The highest BCUT2D eigenvalue weighted by molar-refractivity contribution is 7.10. The molecule has 6 heteroatoms. The normalized spacial score (nSPS) is 16.7. The molecule has 1 aliphatic rings. The lowest BCUT2D eigenvalue weighted by molar-refractivity contribution is 0.166. The van der Waals surface area contributed by atoms with E-state index in [0.717, 1.165) is 38.4 Å². The summed E-state index contributed by atoms with van der Waals surface area (Å²) in [7, 11) is 4.21. The number of rotatable bonds is 6. The maximum atomic E-state index is 9.96. The maximum absolute atomic E-state index is 9.96. The van der Waals surface area contributed by atoms with E-state index in [2.05, 4.69) is 51.2 Å². The highest BCUT2D eigenvalue weighted by Gasteiger charge is 2.21. The van der Waals surface area contributed by atoms with E-state index < -0.39 is 6.10 Å². The molecule has 0 fully saturated rings. The van der Waals surface area contributed by atoms with Crippen LogP contribution in [0.15, 0.2) is 17.5 Å². The monoisotopic (exact) mass is 334 g/mol. The molecule has 0 aromatic carbocycles. The van der Waals surface area contributed by atoms with Gasteiger partial charge in [0.1, 0.15) is 0 Å². The topological polar surface area (TPSA) is 44.5 Å². The molecule has 0 saturated carbocycles. The lowest BCUT2D eigenvalue weighted by Gasteiger charge is -2.26. The van der Waals surface area contributed by atoms with Crippen LogP contribution >= 0.6 is 11.3 Å². The van der Waals surface area contributed by atoms with Gasteiger partial charge in [0.2, 0.25) is 0 Å². The fourth-order valence-electron chi connectivity index (χ4n) is 3.03. The number of aliphatic hydroxyl groups excluding tert-OH is 1. The first kappa shape index (κ1) is 16.6. The van der Waals surface area contributed by atoms with Crippen LogP contribution in [0.25, 0.3) is 0 Å². The van der Waals surface area contributed by atoms with E-state index in [1.807, 2.05) is 18.3 Å². The van der Waals surface area contributed by atoms with Crippen LogP contribution in [-0.2, 0) is 26.2 Å². The van der Waals surface area contributed by atoms with Gasteiger partial charge in [0, 0.05) is 31.1 Å². The predicted octanol–water partition coefficient (Wildman–Crippen LogP) is 2.47. The van der Waals surface area contributed by atoms with Gasteiger partial charge < -0.3 is 10.0 Å². The van der Waals surface area contributed by atoms with Crippen LogP contribution in [0.4, 0.5) is 0 Å². The Balaban J connectivity index is 1.63. The van der Waals surface area contributed by atoms with Gasteiger partial charge in [0.05, 0.1) is 24.0 Å². The summed E-state index contributed by atoms with van der Waals surface area (Å²) in [4.78, 5) is 6.08. The molecule has 23 heavy (non-hydrogen) atoms. The zero-order valence-electron chi connectivity index (χ0n) is 14.2. The third-order valence-corrected chi connectivity index (χ3v) is 5.18. The van der Waals surface area contributed by atoms with Crippen molar-refractivity contribution in [2.45, 2.75) is 45.6 Å². The Morgan fingerprint density at radius 3 is 2.91 bits per heavy atom. The van der Waals surface area contributed by atoms with Crippen LogP contribution in [0.3, 0.4) is 0 Å². The van der Waals surface area contributed by atoms with Gasteiger partial charge in [0.15, 0.2) is 0 Å². The van der Waals surface area contributed by atoms with E-state index >= 15 is 0 Å². The third-order valence-electron chi connectivity index (χ3n) is 4.21. The second-order valence-electron chi connectivity index (χ2n) is 6.58. The van der Waals surface area contributed by atoms with Crippen molar-refractivity contribution in [3.8, 4) is 0 Å². The van der Waals surface area contributed by atoms with Crippen molar-refractivity contribution in [3.05, 3.63) is 39.3 Å². The Morgan fingerprint density at radius 2 is 2.17 bits per heavy atom. The zero-order chi connectivity index (χ0) is 16.4. The van der Waals surface area contributed by atoms with Crippen LogP contribution in [0.2, 0.25) is 0 Å². The molecular weight excluding hydrogens is 308 g/mol. The Hall–Kier alpha value is -1.21. The molecular formula is C17H26N4OS. The highest BCUT2D eigenvalue weighted by Crippen LogP contribution is 2.23. The van der Waals surface area contributed by atoms with Crippen molar-refractivity contribution in [1.82, 2.24) is 19.6 Å². The number of fused-ring (bicyclic) bond motifs is 1. The molecule has 3 heterocycles. The minimum absolute atomic E-state index is 0.438. The van der Waals surface area contributed by atoms with Gasteiger partial charge in [-0.1, -0.05) is 6.92 Å². The summed E-state index contributed by atoms with van der Waals surface area (Å²) in [6.45, 7) is 6.80. The zero-order valence-corrected chi connectivity index (χ0v) is 15.0. The summed E-state index contributed by atoms with van der Waals surface area (Å²) in [5, 5.41) is 16.8. The van der Waals surface area contributed by atoms with Crippen LogP contribution in [0.5, 0.6) is 0 Å². The van der Waals surface area contributed by atoms with Crippen LogP contribution < -0.4 is 0 Å². The molecule has 3 rings (SSSR count). The smallest absolute Gasteiger partial charge is 0.0975 e. The van der Waals surface area contributed by atoms with E-state index in [0.29, 0.717) is 6.42 Å². The van der Waals surface area contributed by atoms with Gasteiger partial charge in [-0.3, -0.25) is 9.58 Å². The van der Waals surface area contributed by atoms with Crippen molar-refractivity contribution in [3.63, 3.8) is 0 Å². The fraction of sp³-hybridized carbons (Fsp3) is 0.588. The molecule has 0 bridgehead atoms. The number of nitrogens with zero attached hydrogens (tertiary/aromatic N) is 4. The standard InChI is InChI=1S/C17H26N4OS/c1-4-17(22)16-8-14-10-20(5-6-21(14)18-16)11-15-7-13(12-23-15)9-19(2)3/h7-8,12,17,22H,4-6,9-11H2,1-3H3/t17-/m0/s1. The number of aromatic nitrogens is 2. The van der Waals surface area contributed by atoms with Crippen molar-refractivity contribution < 1.29 is 5.11 Å². The first-order valence-electron chi connectivity index (χ1n) is 8.23. The third kappa shape index (κ3) is 4.01. The summed E-state index contributed by atoms with van der Waals surface area (Å²) in [6.07, 6.45) is 0.275. The lowest BCUT2D eigenvalue weighted by Crippen LogP contribution is -2.33. The van der Waals surface area contributed by atoms with E-state index in [9.17, 15) is 5.11 Å². The molecule has 0 saturated heterocycles. The Bertz CT molecular complexity index is 649. The predicted molar refractivity (Wildman–Crippen MR) is 93.3 cm³/mol. The van der Waals surface area contributed by atoms with Gasteiger partial charge in [-0.05, 0) is 43.6 Å². The lowest BCUT2D eigenvalue weighted by atomic mass is 10.2. The average Bonchev–Trinajstić information content (AvgIpc) is 3.12. The fourth-order valence-corrected chi connectivity index (χ4v) is 3.95. The number of thiophene rings is 1. The highest BCUT2D eigenvalue weighted by atomic mass is 32.1. The molecule has 0 aliphatic carbocycles. The molecule has 2 aromatic rings. The van der Waals surface area contributed by atoms with Crippen molar-refractivity contribution >= 4 is 11.3 Å². The van der Waals surface area contributed by atoms with Crippen LogP contribution in [0, 0.1) is 0 Å². The summed E-state index contributed by atoms with van der Waals surface area (Å²) >= 11 is 1.85. The second kappa shape index (κ2) is 7.13. The van der Waals surface area contributed by atoms with Gasteiger partial charge in [-0.25, -0.2) is 0 Å². The minimum Gasteiger partial charge on any atom is -0.387 e. The molecule has 0 radical (unpaired) electrons. The van der Waals surface area contributed by atoms with E-state index in [1.54, 1.807) is 0 Å². The number of hydrogen-bond acceptors (Lipinski definition) is 5. The summed E-state index contributed by atoms with van der Waals surface area (Å²) in [6, 6.07) is 4.38. The Kier molecular flexibility index (Phi) is 5.16. The number of aliphatic hydroxyl groups is 1. The van der Waals surface area contributed by atoms with Crippen LogP contribution in [-0.4, -0.2) is 45.3 Å². The quantitative estimate of drug-likeness (QED) is 0.881. The average molecular weight is 334 g/mol. The SMILES string of the molecule is CC[C@H](O)c1cc2n(n1)CCN(Cc1cc(CN(C)C)cs1)C2. The van der Waals surface area contributed by atoms with Gasteiger partial charge >= 0.3 is 0 Å². The van der Waals surface area contributed by atoms with Crippen molar-refractivity contribution in [2.24, 2.45) is 0 Å². The molecule has 0 spiro atoms.